The summed E-state index contributed by atoms with van der Waals surface area (Å²) in [6, 6.07) is 0. The molecule has 3 unspecified atom stereocenters. The van der Waals surface area contributed by atoms with E-state index in [0.717, 1.165) is 102 Å². The van der Waals surface area contributed by atoms with Crippen LogP contribution >= 0.6 is 15.6 Å². The molecule has 0 radical (unpaired) electrons. The van der Waals surface area contributed by atoms with Crippen LogP contribution in [0.1, 0.15) is 440 Å². The van der Waals surface area contributed by atoms with Crippen LogP contribution in [0, 0.1) is 11.8 Å². The van der Waals surface area contributed by atoms with Crippen molar-refractivity contribution in [1.29, 1.82) is 0 Å². The molecule has 0 aliphatic heterocycles. The lowest BCUT2D eigenvalue weighted by Gasteiger charge is -2.21. The number of aliphatic hydroxyl groups excluding tert-OH is 1. The van der Waals surface area contributed by atoms with Crippen molar-refractivity contribution in [2.24, 2.45) is 11.8 Å². The number of hydrogen-bond acceptors (Lipinski definition) is 15. The summed E-state index contributed by atoms with van der Waals surface area (Å²) in [5.41, 5.74) is 0. The average Bonchev–Trinajstić information content (AvgIpc) is 0.910. The molecule has 6 atom stereocenters. The van der Waals surface area contributed by atoms with E-state index in [1.54, 1.807) is 0 Å². The van der Waals surface area contributed by atoms with Crippen LogP contribution < -0.4 is 0 Å². The van der Waals surface area contributed by atoms with Gasteiger partial charge in [-0.25, -0.2) is 9.13 Å². The van der Waals surface area contributed by atoms with Gasteiger partial charge in [-0.1, -0.05) is 388 Å². The first-order valence-electron chi connectivity index (χ1n) is 43.0. The van der Waals surface area contributed by atoms with Crippen LogP contribution in [0.5, 0.6) is 0 Å². The molecule has 19 heteroatoms. The summed E-state index contributed by atoms with van der Waals surface area (Å²) in [7, 11) is -9.92. The van der Waals surface area contributed by atoms with Crippen molar-refractivity contribution in [3.8, 4) is 0 Å². The molecule has 0 rings (SSSR count). The first-order valence-corrected chi connectivity index (χ1v) is 46.0. The van der Waals surface area contributed by atoms with Crippen molar-refractivity contribution in [3.63, 3.8) is 0 Å². The van der Waals surface area contributed by atoms with Crippen molar-refractivity contribution in [1.82, 2.24) is 0 Å². The minimum atomic E-state index is -4.96. The van der Waals surface area contributed by atoms with Gasteiger partial charge in [-0.3, -0.25) is 37.3 Å². The third-order valence-corrected chi connectivity index (χ3v) is 21.7. The molecule has 606 valence electrons. The lowest BCUT2D eigenvalue weighted by atomic mass is 9.99. The minimum Gasteiger partial charge on any atom is -0.462 e. The van der Waals surface area contributed by atoms with E-state index in [2.05, 4.69) is 41.5 Å². The van der Waals surface area contributed by atoms with Gasteiger partial charge in [0.15, 0.2) is 12.2 Å². The van der Waals surface area contributed by atoms with Crippen molar-refractivity contribution in [2.75, 3.05) is 39.6 Å². The van der Waals surface area contributed by atoms with Crippen LogP contribution in [-0.2, 0) is 65.4 Å². The number of hydrogen-bond donors (Lipinski definition) is 3. The Labute approximate surface area is 626 Å². The van der Waals surface area contributed by atoms with Gasteiger partial charge in [-0.2, -0.15) is 0 Å². The first kappa shape index (κ1) is 100. The molecule has 0 aromatic heterocycles. The zero-order chi connectivity index (χ0) is 74.9. The summed E-state index contributed by atoms with van der Waals surface area (Å²) in [4.78, 5) is 73.1. The van der Waals surface area contributed by atoms with Crippen molar-refractivity contribution in [3.05, 3.63) is 0 Å². The topological polar surface area (TPSA) is 237 Å². The average molecular weight is 1490 g/mol. The van der Waals surface area contributed by atoms with E-state index in [1.165, 1.54) is 257 Å². The fourth-order valence-electron chi connectivity index (χ4n) is 12.9. The smallest absolute Gasteiger partial charge is 0.462 e. The lowest BCUT2D eigenvalue weighted by molar-refractivity contribution is -0.161. The number of esters is 4. The first-order chi connectivity index (χ1) is 49.4. The number of aliphatic hydroxyl groups is 1. The van der Waals surface area contributed by atoms with Gasteiger partial charge in [0.2, 0.25) is 0 Å². The molecule has 102 heavy (non-hydrogen) atoms. The Morgan fingerprint density at radius 2 is 0.500 bits per heavy atom. The van der Waals surface area contributed by atoms with Crippen LogP contribution in [0.25, 0.3) is 0 Å². The van der Waals surface area contributed by atoms with E-state index in [-0.39, 0.29) is 25.7 Å². The fraction of sp³-hybridized carbons (Fsp3) is 0.952. The van der Waals surface area contributed by atoms with Gasteiger partial charge in [0.25, 0.3) is 0 Å². The number of carbonyl (C=O) groups is 4. The second-order valence-corrected chi connectivity index (χ2v) is 33.5. The van der Waals surface area contributed by atoms with Crippen LogP contribution in [-0.4, -0.2) is 96.7 Å². The van der Waals surface area contributed by atoms with E-state index in [9.17, 15) is 43.2 Å². The predicted molar refractivity (Wildman–Crippen MR) is 418 cm³/mol. The molecule has 0 spiro atoms. The number of phosphoric acid groups is 2. The molecule has 0 aromatic carbocycles. The third-order valence-electron chi connectivity index (χ3n) is 19.8. The Morgan fingerprint density at radius 1 is 0.284 bits per heavy atom. The van der Waals surface area contributed by atoms with E-state index >= 15 is 0 Å². The summed E-state index contributed by atoms with van der Waals surface area (Å²) in [6.07, 6.45) is 65.2. The zero-order valence-electron chi connectivity index (χ0n) is 66.9. The van der Waals surface area contributed by atoms with Crippen molar-refractivity contribution in [2.45, 2.75) is 458 Å². The lowest BCUT2D eigenvalue weighted by Crippen LogP contribution is -2.30. The maximum atomic E-state index is 13.1. The molecule has 17 nitrogen and oxygen atoms in total. The van der Waals surface area contributed by atoms with Crippen LogP contribution in [0.4, 0.5) is 0 Å². The number of rotatable bonds is 82. The van der Waals surface area contributed by atoms with E-state index in [4.69, 9.17) is 37.0 Å². The highest BCUT2D eigenvalue weighted by Crippen LogP contribution is 2.45. The molecular formula is C83H162O17P2. The van der Waals surface area contributed by atoms with Gasteiger partial charge in [-0.05, 0) is 37.5 Å². The molecule has 0 aliphatic carbocycles. The number of ether oxygens (including phenoxy) is 4. The quantitative estimate of drug-likeness (QED) is 0.0222. The largest absolute Gasteiger partial charge is 0.472 e. The molecule has 0 saturated carbocycles. The van der Waals surface area contributed by atoms with Crippen LogP contribution in [0.15, 0.2) is 0 Å². The Balaban J connectivity index is 5.23. The van der Waals surface area contributed by atoms with Crippen molar-refractivity contribution >= 4 is 39.5 Å². The number of phosphoric ester groups is 2. The Hall–Kier alpha value is -1.94. The second-order valence-electron chi connectivity index (χ2n) is 30.6. The van der Waals surface area contributed by atoms with Crippen LogP contribution in [0.3, 0.4) is 0 Å². The Kier molecular flexibility index (Phi) is 73.1. The van der Waals surface area contributed by atoms with Crippen LogP contribution in [0.2, 0.25) is 0 Å². The highest BCUT2D eigenvalue weighted by molar-refractivity contribution is 7.47. The van der Waals surface area contributed by atoms with E-state index in [1.807, 2.05) is 0 Å². The molecule has 0 bridgehead atoms. The maximum absolute atomic E-state index is 13.1. The zero-order valence-corrected chi connectivity index (χ0v) is 68.7. The monoisotopic (exact) mass is 1490 g/mol. The molecule has 0 heterocycles. The summed E-state index contributed by atoms with van der Waals surface area (Å²) in [6.45, 7) is 9.65. The minimum absolute atomic E-state index is 0.108. The summed E-state index contributed by atoms with van der Waals surface area (Å²) in [5.74, 6) is -0.558. The van der Waals surface area contributed by atoms with Gasteiger partial charge >= 0.3 is 39.5 Å². The summed E-state index contributed by atoms with van der Waals surface area (Å²) < 4.78 is 68.8. The Morgan fingerprint density at radius 3 is 0.745 bits per heavy atom. The summed E-state index contributed by atoms with van der Waals surface area (Å²) in [5, 5.41) is 10.7. The SMILES string of the molecule is CCCCCCCCCCCCCCCCCCCCCCCCC(=O)O[C@H](COC(=O)CCCCCCCCCCCCCC(C)C)COP(=O)(O)OC[C@@H](O)COP(=O)(O)OC[C@@H](COC(=O)CCCCCCCCCCC(C)CC)OC(=O)CCCCCCCCCCCCCCCC. The highest BCUT2D eigenvalue weighted by atomic mass is 31.2. The van der Waals surface area contributed by atoms with Gasteiger partial charge in [0.05, 0.1) is 26.4 Å². The molecular weight excluding hydrogens is 1330 g/mol. The van der Waals surface area contributed by atoms with Gasteiger partial charge < -0.3 is 33.8 Å². The van der Waals surface area contributed by atoms with Gasteiger partial charge in [-0.15, -0.1) is 0 Å². The Bertz CT molecular complexity index is 1960. The summed E-state index contributed by atoms with van der Waals surface area (Å²) >= 11 is 0. The van der Waals surface area contributed by atoms with Gasteiger partial charge in [0, 0.05) is 25.7 Å². The molecule has 0 saturated heterocycles. The standard InChI is InChI=1S/C83H162O17P2/c1-7-10-12-14-16-18-20-22-24-25-26-27-28-29-30-31-33-37-42-50-56-62-68-83(88)99-78(71-93-80(85)65-59-53-47-40-38-34-35-39-45-51-57-63-75(4)5)73-97-101(89,90)95-69-77(84)70-96-102(91,92)98-74-79(72-94-81(86)66-60-54-48-44-43-46-52-58-64-76(6)9-3)100-82(87)67-61-55-49-41-36-32-23-21-19-17-15-13-11-8-2/h75-79,84H,7-74H2,1-6H3,(H,89,90)(H,91,92)/t76?,77-,78-,79-/m1/s1. The maximum Gasteiger partial charge on any atom is 0.472 e. The molecule has 0 aromatic rings. The molecule has 0 amide bonds. The number of unbranched alkanes of at least 4 members (excludes halogenated alkanes) is 51. The predicted octanol–water partition coefficient (Wildman–Crippen LogP) is 25.1. The third kappa shape index (κ3) is 74.9. The molecule has 3 N–H and O–H groups in total. The van der Waals surface area contributed by atoms with Gasteiger partial charge in [0.1, 0.15) is 19.3 Å². The molecule has 0 fully saturated rings. The number of carbonyl (C=O) groups excluding carboxylic acids is 4. The highest BCUT2D eigenvalue weighted by Gasteiger charge is 2.30. The molecule has 0 aliphatic rings. The second kappa shape index (κ2) is 74.5. The normalized spacial score (nSPS) is 14.1. The van der Waals surface area contributed by atoms with E-state index < -0.39 is 97.5 Å². The van der Waals surface area contributed by atoms with Crippen molar-refractivity contribution < 1.29 is 80.2 Å². The van der Waals surface area contributed by atoms with E-state index in [0.29, 0.717) is 25.7 Å². The fourth-order valence-corrected chi connectivity index (χ4v) is 14.4.